The van der Waals surface area contributed by atoms with E-state index >= 15 is 0 Å². The van der Waals surface area contributed by atoms with Crippen molar-refractivity contribution in [1.82, 2.24) is 15.1 Å². The van der Waals surface area contributed by atoms with E-state index in [0.717, 1.165) is 18.4 Å². The molecule has 1 N–H and O–H groups in total. The molecule has 1 fully saturated rings. The van der Waals surface area contributed by atoms with Crippen molar-refractivity contribution in [1.29, 1.82) is 0 Å². The van der Waals surface area contributed by atoms with E-state index in [1.165, 1.54) is 6.20 Å². The zero-order valence-electron chi connectivity index (χ0n) is 18.0. The summed E-state index contributed by atoms with van der Waals surface area (Å²) in [6.45, 7) is 4.54. The van der Waals surface area contributed by atoms with Crippen LogP contribution in [0, 0.1) is 5.92 Å². The van der Waals surface area contributed by atoms with Gasteiger partial charge in [0.15, 0.2) is 11.5 Å². The van der Waals surface area contributed by atoms with E-state index in [4.69, 9.17) is 50.8 Å². The SMILES string of the molecule is C=CCC1C[C@@H](c2ccc(Cl)c(Cl)c2)[C@H](CC(=O)c2cc(-c3c(Cl)cnn3C)c(Cl)o2)CN1. The van der Waals surface area contributed by atoms with Crippen LogP contribution in [0.3, 0.4) is 0 Å². The average Bonchev–Trinajstić information content (AvgIpc) is 3.32. The van der Waals surface area contributed by atoms with Crippen molar-refractivity contribution in [3.8, 4) is 11.3 Å². The van der Waals surface area contributed by atoms with Gasteiger partial charge in [0.1, 0.15) is 0 Å². The normalized spacial score (nSPS) is 20.7. The van der Waals surface area contributed by atoms with E-state index < -0.39 is 0 Å². The van der Waals surface area contributed by atoms with E-state index in [1.54, 1.807) is 23.9 Å². The highest BCUT2D eigenvalue weighted by Crippen LogP contribution is 2.40. The lowest BCUT2D eigenvalue weighted by atomic mass is 9.75. The van der Waals surface area contributed by atoms with Gasteiger partial charge in [0, 0.05) is 19.5 Å². The molecule has 4 rings (SSSR count). The second-order valence-corrected chi connectivity index (χ2v) is 9.86. The second kappa shape index (κ2) is 10.2. The summed E-state index contributed by atoms with van der Waals surface area (Å²) in [6, 6.07) is 7.61. The van der Waals surface area contributed by atoms with Crippen LogP contribution in [0.4, 0.5) is 0 Å². The Kier molecular flexibility index (Phi) is 7.56. The number of Topliss-reactive ketones (excluding diaryl/α,β-unsaturated/α-hetero) is 1. The number of halogens is 4. The summed E-state index contributed by atoms with van der Waals surface area (Å²) in [5, 5.41) is 9.22. The summed E-state index contributed by atoms with van der Waals surface area (Å²) in [4.78, 5) is 13.2. The molecule has 0 amide bonds. The molecule has 9 heteroatoms. The number of benzene rings is 1. The number of aryl methyl sites for hydroxylation is 1. The predicted molar refractivity (Wildman–Crippen MR) is 134 cm³/mol. The number of hydrogen-bond donors (Lipinski definition) is 1. The first kappa shape index (κ1) is 24.4. The lowest BCUT2D eigenvalue weighted by Crippen LogP contribution is -2.43. The maximum atomic E-state index is 13.2. The third-order valence-electron chi connectivity index (χ3n) is 6.16. The van der Waals surface area contributed by atoms with Gasteiger partial charge in [-0.3, -0.25) is 9.48 Å². The molecule has 3 heterocycles. The van der Waals surface area contributed by atoms with Crippen molar-refractivity contribution < 1.29 is 9.21 Å². The minimum atomic E-state index is -0.125. The first-order valence-corrected chi connectivity index (χ1v) is 12.1. The van der Waals surface area contributed by atoms with E-state index in [9.17, 15) is 4.79 Å². The number of furan rings is 1. The number of ketones is 1. The van der Waals surface area contributed by atoms with Crippen molar-refractivity contribution in [2.24, 2.45) is 13.0 Å². The molecule has 5 nitrogen and oxygen atoms in total. The van der Waals surface area contributed by atoms with Crippen molar-refractivity contribution in [3.05, 3.63) is 74.7 Å². The van der Waals surface area contributed by atoms with Crippen LogP contribution < -0.4 is 5.32 Å². The van der Waals surface area contributed by atoms with Gasteiger partial charge in [-0.25, -0.2) is 0 Å². The maximum absolute atomic E-state index is 13.2. The zero-order chi connectivity index (χ0) is 23.7. The van der Waals surface area contributed by atoms with Gasteiger partial charge in [-0.1, -0.05) is 46.9 Å². The van der Waals surface area contributed by atoms with E-state index in [-0.39, 0.29) is 34.6 Å². The van der Waals surface area contributed by atoms with Gasteiger partial charge >= 0.3 is 0 Å². The van der Waals surface area contributed by atoms with Crippen molar-refractivity contribution in [2.45, 2.75) is 31.2 Å². The Balaban J connectivity index is 1.58. The molecule has 1 aliphatic heterocycles. The monoisotopic (exact) mass is 525 g/mol. The quantitative estimate of drug-likeness (QED) is 0.261. The molecule has 1 saturated heterocycles. The molecular weight excluding hydrogens is 504 g/mol. The highest BCUT2D eigenvalue weighted by atomic mass is 35.5. The van der Waals surface area contributed by atoms with Gasteiger partial charge in [0.25, 0.3) is 0 Å². The highest BCUT2D eigenvalue weighted by Gasteiger charge is 2.33. The molecule has 33 heavy (non-hydrogen) atoms. The average molecular weight is 527 g/mol. The number of nitrogens with one attached hydrogen (secondary N) is 1. The fourth-order valence-electron chi connectivity index (χ4n) is 4.51. The van der Waals surface area contributed by atoms with Crippen LogP contribution in [-0.4, -0.2) is 28.2 Å². The Bertz CT molecular complexity index is 1170. The molecule has 174 valence electrons. The fourth-order valence-corrected chi connectivity index (χ4v) is 5.31. The number of aromatic nitrogens is 2. The summed E-state index contributed by atoms with van der Waals surface area (Å²) in [7, 11) is 1.75. The first-order chi connectivity index (χ1) is 15.8. The van der Waals surface area contributed by atoms with Crippen LogP contribution in [0.5, 0.6) is 0 Å². The standard InChI is InChI=1S/C24H23Cl4N3O2/c1-3-4-15-9-16(13-5-6-18(25)19(26)7-13)14(11-29-15)8-21(32)22-10-17(24(28)33-22)23-20(27)12-30-31(23)2/h3,5-7,10,12,14-16,29H,1,4,8-9,11H2,2H3/t14-,15?,16+/m1/s1. The summed E-state index contributed by atoms with van der Waals surface area (Å²) in [5.41, 5.74) is 2.21. The second-order valence-electron chi connectivity index (χ2n) is 8.30. The van der Waals surface area contributed by atoms with Gasteiger partial charge in [-0.05, 0) is 66.6 Å². The molecule has 1 aromatic carbocycles. The third kappa shape index (κ3) is 5.18. The maximum Gasteiger partial charge on any atom is 0.203 e. The molecule has 0 radical (unpaired) electrons. The van der Waals surface area contributed by atoms with E-state index in [0.29, 0.717) is 39.3 Å². The van der Waals surface area contributed by atoms with Crippen molar-refractivity contribution in [3.63, 3.8) is 0 Å². The number of nitrogens with zero attached hydrogens (tertiary/aromatic N) is 2. The Hall–Kier alpha value is -1.76. The predicted octanol–water partition coefficient (Wildman–Crippen LogP) is 7.20. The van der Waals surface area contributed by atoms with Crippen LogP contribution in [0.1, 0.15) is 41.3 Å². The van der Waals surface area contributed by atoms with Crippen LogP contribution in [0.25, 0.3) is 11.3 Å². The van der Waals surface area contributed by atoms with E-state index in [1.807, 2.05) is 18.2 Å². The van der Waals surface area contributed by atoms with E-state index in [2.05, 4.69) is 17.0 Å². The summed E-state index contributed by atoms with van der Waals surface area (Å²) < 4.78 is 7.23. The minimum Gasteiger partial charge on any atom is -0.441 e. The molecule has 1 aliphatic rings. The number of carbonyl (C=O) groups is 1. The topological polar surface area (TPSA) is 60.1 Å². The van der Waals surface area contributed by atoms with Crippen LogP contribution in [0.15, 0.2) is 47.5 Å². The van der Waals surface area contributed by atoms with Gasteiger partial charge in [-0.2, -0.15) is 5.10 Å². The highest BCUT2D eigenvalue weighted by molar-refractivity contribution is 6.42. The van der Waals surface area contributed by atoms with Gasteiger partial charge in [-0.15, -0.1) is 6.58 Å². The van der Waals surface area contributed by atoms with Gasteiger partial charge < -0.3 is 9.73 Å². The Labute approximate surface area is 212 Å². The smallest absolute Gasteiger partial charge is 0.203 e. The first-order valence-electron chi connectivity index (χ1n) is 10.6. The molecular formula is C24H23Cl4N3O2. The molecule has 3 atom stereocenters. The van der Waals surface area contributed by atoms with Crippen LogP contribution in [0.2, 0.25) is 20.3 Å². The minimum absolute atomic E-state index is 0.0448. The molecule has 0 bridgehead atoms. The Morgan fingerprint density at radius 2 is 2.03 bits per heavy atom. The van der Waals surface area contributed by atoms with Crippen LogP contribution in [-0.2, 0) is 7.05 Å². The lowest BCUT2D eigenvalue weighted by molar-refractivity contribution is 0.0912. The van der Waals surface area contributed by atoms with Gasteiger partial charge in [0.05, 0.1) is 32.5 Å². The Morgan fingerprint density at radius 1 is 1.24 bits per heavy atom. The summed E-state index contributed by atoms with van der Waals surface area (Å²) >= 11 is 25.0. The third-order valence-corrected chi connectivity index (χ3v) is 7.45. The largest absolute Gasteiger partial charge is 0.441 e. The molecule has 1 unspecified atom stereocenters. The van der Waals surface area contributed by atoms with Gasteiger partial charge in [0.2, 0.25) is 5.22 Å². The molecule has 0 spiro atoms. The Morgan fingerprint density at radius 3 is 2.70 bits per heavy atom. The lowest BCUT2D eigenvalue weighted by Gasteiger charge is -2.37. The summed E-state index contributed by atoms with van der Waals surface area (Å²) in [5.74, 6) is 0.253. The molecule has 0 aliphatic carbocycles. The molecule has 0 saturated carbocycles. The fraction of sp³-hybridized carbons (Fsp3) is 0.333. The number of hydrogen-bond acceptors (Lipinski definition) is 4. The molecule has 2 aromatic heterocycles. The van der Waals surface area contributed by atoms with Crippen molar-refractivity contribution in [2.75, 3.05) is 6.54 Å². The number of rotatable bonds is 7. The number of piperidine rings is 1. The van der Waals surface area contributed by atoms with Crippen LogP contribution >= 0.6 is 46.4 Å². The van der Waals surface area contributed by atoms with Crippen molar-refractivity contribution >= 4 is 52.2 Å². The summed E-state index contributed by atoms with van der Waals surface area (Å²) in [6.07, 6.45) is 5.43. The molecule has 3 aromatic rings. The zero-order valence-corrected chi connectivity index (χ0v) is 21.0. The number of carbonyl (C=O) groups excluding carboxylic acids is 1.